The number of carbonyl (C=O) groups excluding carboxylic acids is 1. The standard InChI is InChI=1S/C18H19F4N3O4/c1-17(2,3)28-16(26)25-7-6-11(9-25)27-10-4-5-12(13(19)8-10)14-23-15(29-24-14)18(20,21)22/h4-5,8,11H,6-7,9H2,1-3H3. The normalized spacial score (nSPS) is 17.5. The molecule has 2 aromatic rings. The highest BCUT2D eigenvalue weighted by molar-refractivity contribution is 5.68. The topological polar surface area (TPSA) is 77.7 Å². The molecule has 1 saturated heterocycles. The Morgan fingerprint density at radius 1 is 1.28 bits per heavy atom. The molecule has 1 atom stereocenters. The highest BCUT2D eigenvalue weighted by Crippen LogP contribution is 2.31. The lowest BCUT2D eigenvalue weighted by Crippen LogP contribution is -2.36. The monoisotopic (exact) mass is 417 g/mol. The minimum atomic E-state index is -4.81. The van der Waals surface area contributed by atoms with Gasteiger partial charge in [0.2, 0.25) is 5.82 Å². The molecule has 158 valence electrons. The predicted molar refractivity (Wildman–Crippen MR) is 91.5 cm³/mol. The first-order chi connectivity index (χ1) is 13.4. The number of benzene rings is 1. The summed E-state index contributed by atoms with van der Waals surface area (Å²) in [5.74, 6) is -2.76. The molecule has 0 spiro atoms. The molecule has 11 heteroatoms. The van der Waals surface area contributed by atoms with E-state index < -0.39 is 35.4 Å². The molecule has 1 amide bonds. The maximum atomic E-state index is 14.3. The summed E-state index contributed by atoms with van der Waals surface area (Å²) in [4.78, 5) is 16.7. The van der Waals surface area contributed by atoms with Crippen LogP contribution in [0, 0.1) is 5.82 Å². The number of halogens is 4. The van der Waals surface area contributed by atoms with Crippen molar-refractivity contribution in [1.82, 2.24) is 15.0 Å². The number of carbonyl (C=O) groups is 1. The van der Waals surface area contributed by atoms with Crippen LogP contribution in [0.5, 0.6) is 5.75 Å². The molecule has 1 aliphatic heterocycles. The van der Waals surface area contributed by atoms with Crippen molar-refractivity contribution in [3.05, 3.63) is 29.9 Å². The molecule has 1 unspecified atom stereocenters. The van der Waals surface area contributed by atoms with E-state index in [1.54, 1.807) is 20.8 Å². The molecule has 7 nitrogen and oxygen atoms in total. The first-order valence-electron chi connectivity index (χ1n) is 8.78. The SMILES string of the molecule is CC(C)(C)OC(=O)N1CCC(Oc2ccc(-c3noc(C(F)(F)F)n3)c(F)c2)C1. The molecule has 0 aliphatic carbocycles. The zero-order chi connectivity index (χ0) is 21.4. The summed E-state index contributed by atoms with van der Waals surface area (Å²) in [7, 11) is 0. The van der Waals surface area contributed by atoms with Crippen LogP contribution >= 0.6 is 0 Å². The quantitative estimate of drug-likeness (QED) is 0.694. The molecular formula is C18H19F4N3O4. The van der Waals surface area contributed by atoms with E-state index >= 15 is 0 Å². The molecule has 1 aromatic heterocycles. The Labute approximate surface area is 163 Å². The summed E-state index contributed by atoms with van der Waals surface area (Å²) in [5, 5.41) is 3.16. The smallest absolute Gasteiger partial charge is 0.471 e. The van der Waals surface area contributed by atoms with Gasteiger partial charge >= 0.3 is 18.2 Å². The lowest BCUT2D eigenvalue weighted by molar-refractivity contribution is -0.159. The zero-order valence-corrected chi connectivity index (χ0v) is 15.9. The van der Waals surface area contributed by atoms with Gasteiger partial charge in [-0.2, -0.15) is 18.2 Å². The van der Waals surface area contributed by atoms with Crippen LogP contribution in [0.3, 0.4) is 0 Å². The number of likely N-dealkylation sites (tertiary alicyclic amines) is 1. The Kier molecular flexibility index (Phi) is 5.42. The van der Waals surface area contributed by atoms with Crippen LogP contribution < -0.4 is 4.74 Å². The van der Waals surface area contributed by atoms with E-state index in [1.165, 1.54) is 17.0 Å². The molecule has 3 rings (SSSR count). The fraction of sp³-hybridized carbons (Fsp3) is 0.500. The number of rotatable bonds is 3. The van der Waals surface area contributed by atoms with Crippen molar-refractivity contribution in [3.63, 3.8) is 0 Å². The third-order valence-corrected chi connectivity index (χ3v) is 3.95. The molecule has 1 aliphatic rings. The second kappa shape index (κ2) is 7.53. The zero-order valence-electron chi connectivity index (χ0n) is 15.9. The van der Waals surface area contributed by atoms with Gasteiger partial charge in [-0.3, -0.25) is 0 Å². The van der Waals surface area contributed by atoms with Crippen molar-refractivity contribution in [2.75, 3.05) is 13.1 Å². The van der Waals surface area contributed by atoms with Gasteiger partial charge in [0.1, 0.15) is 23.3 Å². The Hall–Kier alpha value is -2.85. The van der Waals surface area contributed by atoms with Crippen LogP contribution in [0.4, 0.5) is 22.4 Å². The Balaban J connectivity index is 1.64. The lowest BCUT2D eigenvalue weighted by Gasteiger charge is -2.24. The third kappa shape index (κ3) is 5.15. The van der Waals surface area contributed by atoms with Crippen molar-refractivity contribution < 1.29 is 36.4 Å². The Morgan fingerprint density at radius 3 is 2.59 bits per heavy atom. The predicted octanol–water partition coefficient (Wildman–Crippen LogP) is 4.28. The Bertz CT molecular complexity index is 892. The van der Waals surface area contributed by atoms with E-state index in [-0.39, 0.29) is 24.0 Å². The average molecular weight is 417 g/mol. The van der Waals surface area contributed by atoms with Crippen LogP contribution in [0.1, 0.15) is 33.1 Å². The van der Waals surface area contributed by atoms with Gasteiger partial charge in [0.25, 0.3) is 0 Å². The van der Waals surface area contributed by atoms with Crippen molar-refractivity contribution in [2.45, 2.75) is 45.1 Å². The number of hydrogen-bond donors (Lipinski definition) is 0. The largest absolute Gasteiger partial charge is 0.488 e. The maximum Gasteiger partial charge on any atom is 0.471 e. The van der Waals surface area contributed by atoms with Crippen LogP contribution in [-0.4, -0.2) is 45.9 Å². The molecule has 1 aromatic carbocycles. The van der Waals surface area contributed by atoms with E-state index in [0.717, 1.165) is 6.07 Å². The lowest BCUT2D eigenvalue weighted by atomic mass is 10.2. The number of alkyl halides is 3. The first kappa shape index (κ1) is 20.9. The highest BCUT2D eigenvalue weighted by atomic mass is 19.4. The summed E-state index contributed by atoms with van der Waals surface area (Å²) in [5.41, 5.74) is -0.866. The van der Waals surface area contributed by atoms with Crippen LogP contribution in [0.15, 0.2) is 22.7 Å². The van der Waals surface area contributed by atoms with Gasteiger partial charge in [-0.15, -0.1) is 0 Å². The summed E-state index contributed by atoms with van der Waals surface area (Å²) < 4.78 is 67.1. The number of aromatic nitrogens is 2. The Morgan fingerprint density at radius 2 is 2.00 bits per heavy atom. The van der Waals surface area contributed by atoms with E-state index in [9.17, 15) is 22.4 Å². The van der Waals surface area contributed by atoms with E-state index in [4.69, 9.17) is 9.47 Å². The van der Waals surface area contributed by atoms with Gasteiger partial charge in [0, 0.05) is 19.0 Å². The first-order valence-corrected chi connectivity index (χ1v) is 8.78. The highest BCUT2D eigenvalue weighted by Gasteiger charge is 2.38. The van der Waals surface area contributed by atoms with Crippen molar-refractivity contribution in [3.8, 4) is 17.1 Å². The molecule has 0 saturated carbocycles. The number of nitrogens with zero attached hydrogens (tertiary/aromatic N) is 3. The van der Waals surface area contributed by atoms with Gasteiger partial charge in [-0.25, -0.2) is 9.18 Å². The van der Waals surface area contributed by atoms with Gasteiger partial charge in [0.05, 0.1) is 12.1 Å². The minimum absolute atomic E-state index is 0.168. The van der Waals surface area contributed by atoms with Gasteiger partial charge in [-0.05, 0) is 32.9 Å². The second-order valence-electron chi connectivity index (χ2n) is 7.52. The van der Waals surface area contributed by atoms with Crippen LogP contribution in [0.25, 0.3) is 11.4 Å². The number of amides is 1. The van der Waals surface area contributed by atoms with Gasteiger partial charge < -0.3 is 18.9 Å². The fourth-order valence-electron chi connectivity index (χ4n) is 2.71. The molecule has 29 heavy (non-hydrogen) atoms. The van der Waals surface area contributed by atoms with Crippen LogP contribution in [-0.2, 0) is 10.9 Å². The minimum Gasteiger partial charge on any atom is -0.488 e. The van der Waals surface area contributed by atoms with Crippen molar-refractivity contribution in [2.24, 2.45) is 0 Å². The van der Waals surface area contributed by atoms with Crippen LogP contribution in [0.2, 0.25) is 0 Å². The van der Waals surface area contributed by atoms with Gasteiger partial charge in [0.15, 0.2) is 0 Å². The summed E-state index contributed by atoms with van der Waals surface area (Å²) in [6.45, 7) is 6.00. The summed E-state index contributed by atoms with van der Waals surface area (Å²) in [6, 6.07) is 3.61. The van der Waals surface area contributed by atoms with Gasteiger partial charge in [-0.1, -0.05) is 5.16 Å². The average Bonchev–Trinajstić information content (AvgIpc) is 3.22. The van der Waals surface area contributed by atoms with Crippen molar-refractivity contribution in [1.29, 1.82) is 0 Å². The van der Waals surface area contributed by atoms with E-state index in [0.29, 0.717) is 13.0 Å². The van der Waals surface area contributed by atoms with Crippen molar-refractivity contribution >= 4 is 6.09 Å². The summed E-state index contributed by atoms with van der Waals surface area (Å²) in [6.07, 6.45) is -5.10. The summed E-state index contributed by atoms with van der Waals surface area (Å²) >= 11 is 0. The molecule has 0 bridgehead atoms. The second-order valence-corrected chi connectivity index (χ2v) is 7.52. The molecule has 2 heterocycles. The van der Waals surface area contributed by atoms with E-state index in [2.05, 4.69) is 14.7 Å². The molecule has 0 N–H and O–H groups in total. The molecular weight excluding hydrogens is 398 g/mol. The van der Waals surface area contributed by atoms with E-state index in [1.807, 2.05) is 0 Å². The fourth-order valence-corrected chi connectivity index (χ4v) is 2.71. The third-order valence-electron chi connectivity index (χ3n) is 3.95. The molecule has 1 fully saturated rings. The molecule has 0 radical (unpaired) electrons. The number of hydrogen-bond acceptors (Lipinski definition) is 6. The maximum absolute atomic E-state index is 14.3. The number of ether oxygens (including phenoxy) is 2.